The van der Waals surface area contributed by atoms with E-state index in [4.69, 9.17) is 16.3 Å². The van der Waals surface area contributed by atoms with Crippen LogP contribution in [0, 0.1) is 5.41 Å². The monoisotopic (exact) mass is 227 g/mol. The molecule has 0 aliphatic rings. The van der Waals surface area contributed by atoms with Gasteiger partial charge in [-0.1, -0.05) is 32.4 Å². The lowest BCUT2D eigenvalue weighted by Crippen LogP contribution is -2.26. The van der Waals surface area contributed by atoms with Gasteiger partial charge >= 0.3 is 0 Å². The van der Waals surface area contributed by atoms with Crippen molar-refractivity contribution in [3.05, 3.63) is 23.4 Å². The number of pyridine rings is 1. The van der Waals surface area contributed by atoms with E-state index in [1.165, 1.54) is 6.20 Å². The maximum atomic E-state index is 11.5. The molecule has 0 saturated heterocycles. The van der Waals surface area contributed by atoms with E-state index in [9.17, 15) is 4.79 Å². The molecule has 0 aromatic carbocycles. The first-order valence-corrected chi connectivity index (χ1v) is 5.05. The molecule has 82 valence electrons. The van der Waals surface area contributed by atoms with E-state index in [0.717, 1.165) is 0 Å². The van der Waals surface area contributed by atoms with Crippen molar-refractivity contribution in [2.24, 2.45) is 5.41 Å². The van der Waals surface area contributed by atoms with Gasteiger partial charge in [0.15, 0.2) is 5.78 Å². The van der Waals surface area contributed by atoms with Gasteiger partial charge in [0.05, 0.1) is 5.02 Å². The fourth-order valence-electron chi connectivity index (χ4n) is 0.804. The molecule has 0 aliphatic carbocycles. The number of carbonyl (C=O) groups is 1. The fraction of sp³-hybridized carbons (Fsp3) is 0.455. The van der Waals surface area contributed by atoms with E-state index in [-0.39, 0.29) is 17.8 Å². The molecule has 0 atom stereocenters. The maximum Gasteiger partial charge on any atom is 0.213 e. The zero-order valence-corrected chi connectivity index (χ0v) is 9.84. The second-order valence-corrected chi connectivity index (χ2v) is 4.71. The lowest BCUT2D eigenvalue weighted by Gasteiger charge is -2.16. The van der Waals surface area contributed by atoms with E-state index < -0.39 is 0 Å². The highest BCUT2D eigenvalue weighted by atomic mass is 35.5. The van der Waals surface area contributed by atoms with Crippen LogP contribution in [-0.4, -0.2) is 17.4 Å². The van der Waals surface area contributed by atoms with Gasteiger partial charge in [-0.2, -0.15) is 0 Å². The highest BCUT2D eigenvalue weighted by Gasteiger charge is 2.21. The van der Waals surface area contributed by atoms with E-state index >= 15 is 0 Å². The van der Waals surface area contributed by atoms with Crippen LogP contribution >= 0.6 is 11.6 Å². The number of carbonyl (C=O) groups excluding carboxylic acids is 1. The number of hydrogen-bond donors (Lipinski definition) is 0. The third-order valence-electron chi connectivity index (χ3n) is 1.89. The molecular weight excluding hydrogens is 214 g/mol. The Balaban J connectivity index is 2.51. The van der Waals surface area contributed by atoms with Crippen LogP contribution in [0.3, 0.4) is 0 Å². The van der Waals surface area contributed by atoms with Crippen molar-refractivity contribution in [2.45, 2.75) is 20.8 Å². The van der Waals surface area contributed by atoms with Gasteiger partial charge in [-0.3, -0.25) is 4.79 Å². The Morgan fingerprint density at radius 1 is 1.47 bits per heavy atom. The summed E-state index contributed by atoms with van der Waals surface area (Å²) in [5, 5.41) is 0.546. The van der Waals surface area contributed by atoms with Crippen LogP contribution in [0.4, 0.5) is 0 Å². The molecule has 0 N–H and O–H groups in total. The number of Topliss-reactive ketones (excluding diaryl/α,β-unsaturated/α-hetero) is 1. The van der Waals surface area contributed by atoms with Gasteiger partial charge in [0.25, 0.3) is 0 Å². The average molecular weight is 228 g/mol. The Hall–Kier alpha value is -1.09. The largest absolute Gasteiger partial charge is 0.470 e. The maximum absolute atomic E-state index is 11.5. The van der Waals surface area contributed by atoms with Crippen molar-refractivity contribution in [1.82, 2.24) is 4.98 Å². The minimum Gasteiger partial charge on any atom is -0.470 e. The molecule has 0 amide bonds. The minimum atomic E-state index is -0.383. The number of hydrogen-bond acceptors (Lipinski definition) is 3. The molecule has 1 aromatic rings. The summed E-state index contributed by atoms with van der Waals surface area (Å²) < 4.78 is 5.23. The molecule has 0 bridgehead atoms. The van der Waals surface area contributed by atoms with Crippen molar-refractivity contribution in [1.29, 1.82) is 0 Å². The Morgan fingerprint density at radius 3 is 2.60 bits per heavy atom. The highest BCUT2D eigenvalue weighted by Crippen LogP contribution is 2.16. The second kappa shape index (κ2) is 4.62. The molecule has 0 saturated carbocycles. The van der Waals surface area contributed by atoms with Crippen molar-refractivity contribution >= 4 is 17.4 Å². The number of aromatic nitrogens is 1. The van der Waals surface area contributed by atoms with Gasteiger partial charge in [-0.05, 0) is 6.07 Å². The molecule has 0 unspecified atom stereocenters. The number of rotatable bonds is 3. The summed E-state index contributed by atoms with van der Waals surface area (Å²) in [6.45, 7) is 5.61. The number of nitrogens with zero attached hydrogens (tertiary/aromatic N) is 1. The van der Waals surface area contributed by atoms with Crippen LogP contribution in [-0.2, 0) is 4.79 Å². The van der Waals surface area contributed by atoms with Crippen LogP contribution in [0.2, 0.25) is 5.02 Å². The van der Waals surface area contributed by atoms with Gasteiger partial charge in [0.1, 0.15) is 6.61 Å². The summed E-state index contributed by atoms with van der Waals surface area (Å²) in [6.07, 6.45) is 1.48. The second-order valence-electron chi connectivity index (χ2n) is 4.28. The van der Waals surface area contributed by atoms with Gasteiger partial charge in [-0.25, -0.2) is 4.98 Å². The van der Waals surface area contributed by atoms with Crippen molar-refractivity contribution in [2.75, 3.05) is 6.61 Å². The van der Waals surface area contributed by atoms with E-state index in [0.29, 0.717) is 10.9 Å². The molecule has 3 nitrogen and oxygen atoms in total. The highest BCUT2D eigenvalue weighted by molar-refractivity contribution is 6.30. The topological polar surface area (TPSA) is 39.2 Å². The quantitative estimate of drug-likeness (QED) is 0.797. The van der Waals surface area contributed by atoms with Gasteiger partial charge < -0.3 is 4.74 Å². The summed E-state index contributed by atoms with van der Waals surface area (Å²) in [4.78, 5) is 15.5. The summed E-state index contributed by atoms with van der Waals surface area (Å²) in [6, 6.07) is 3.31. The first-order valence-electron chi connectivity index (χ1n) is 4.67. The van der Waals surface area contributed by atoms with Crippen molar-refractivity contribution in [3.8, 4) is 5.88 Å². The van der Waals surface area contributed by atoms with E-state index in [2.05, 4.69) is 4.98 Å². The first kappa shape index (κ1) is 12.0. The predicted octanol–water partition coefficient (Wildman–Crippen LogP) is 2.73. The summed E-state index contributed by atoms with van der Waals surface area (Å²) >= 11 is 5.66. The molecule has 1 heterocycles. The summed E-state index contributed by atoms with van der Waals surface area (Å²) in [5.41, 5.74) is -0.383. The van der Waals surface area contributed by atoms with Crippen LogP contribution in [0.5, 0.6) is 5.88 Å². The summed E-state index contributed by atoms with van der Waals surface area (Å²) in [7, 11) is 0. The standard InChI is InChI=1S/C11H14ClNO2/c1-11(2,3)9(14)7-15-10-5-4-8(12)6-13-10/h4-6H,7H2,1-3H3. The lowest BCUT2D eigenvalue weighted by molar-refractivity contribution is -0.128. The molecule has 4 heteroatoms. The Labute approximate surface area is 94.4 Å². The normalized spacial score (nSPS) is 11.2. The molecule has 1 rings (SSSR count). The number of halogens is 1. The number of ketones is 1. The van der Waals surface area contributed by atoms with Crippen molar-refractivity contribution in [3.63, 3.8) is 0 Å². The SMILES string of the molecule is CC(C)(C)C(=O)COc1ccc(Cl)cn1. The van der Waals surface area contributed by atoms with Crippen LogP contribution < -0.4 is 4.74 Å². The van der Waals surface area contributed by atoms with Crippen molar-refractivity contribution < 1.29 is 9.53 Å². The molecule has 1 aromatic heterocycles. The Bertz CT molecular complexity index is 341. The Kier molecular flexibility index (Phi) is 3.69. The predicted molar refractivity (Wildman–Crippen MR) is 59.2 cm³/mol. The van der Waals surface area contributed by atoms with Crippen LogP contribution in [0.15, 0.2) is 18.3 Å². The lowest BCUT2D eigenvalue weighted by atomic mass is 9.91. The van der Waals surface area contributed by atoms with Gasteiger partial charge in [0.2, 0.25) is 5.88 Å². The van der Waals surface area contributed by atoms with Crippen LogP contribution in [0.1, 0.15) is 20.8 Å². The molecule has 0 aliphatic heterocycles. The smallest absolute Gasteiger partial charge is 0.213 e. The Morgan fingerprint density at radius 2 is 2.13 bits per heavy atom. The first-order chi connectivity index (χ1) is 6.89. The van der Waals surface area contributed by atoms with E-state index in [1.54, 1.807) is 12.1 Å². The molecule has 0 radical (unpaired) electrons. The average Bonchev–Trinajstić information content (AvgIpc) is 2.15. The van der Waals surface area contributed by atoms with Gasteiger partial charge in [-0.15, -0.1) is 0 Å². The molecule has 0 fully saturated rings. The van der Waals surface area contributed by atoms with Gasteiger partial charge in [0, 0.05) is 17.7 Å². The molecule has 15 heavy (non-hydrogen) atoms. The summed E-state index contributed by atoms with van der Waals surface area (Å²) in [5.74, 6) is 0.455. The minimum absolute atomic E-state index is 0.0398. The van der Waals surface area contributed by atoms with E-state index in [1.807, 2.05) is 20.8 Å². The fourth-order valence-corrected chi connectivity index (χ4v) is 0.915. The van der Waals surface area contributed by atoms with Crippen LogP contribution in [0.25, 0.3) is 0 Å². The molecule has 0 spiro atoms. The zero-order chi connectivity index (χ0) is 11.5. The third-order valence-corrected chi connectivity index (χ3v) is 2.11. The molecular formula is C11H14ClNO2. The zero-order valence-electron chi connectivity index (χ0n) is 9.08. The third kappa shape index (κ3) is 3.88. The number of ether oxygens (including phenoxy) is 1.